The molecule has 1 heterocycles. The third-order valence-corrected chi connectivity index (χ3v) is 3.28. The summed E-state index contributed by atoms with van der Waals surface area (Å²) in [6.45, 7) is 4.09. The predicted molar refractivity (Wildman–Crippen MR) is 75.0 cm³/mol. The maximum absolute atomic E-state index is 5.99. The highest BCUT2D eigenvalue weighted by Crippen LogP contribution is 2.22. The lowest BCUT2D eigenvalue weighted by Gasteiger charge is -2.09. The lowest BCUT2D eigenvalue weighted by molar-refractivity contribution is 0.290. The van der Waals surface area contributed by atoms with Gasteiger partial charge in [0.2, 0.25) is 5.88 Å². The van der Waals surface area contributed by atoms with E-state index in [0.717, 1.165) is 15.6 Å². The first-order valence-electron chi connectivity index (χ1n) is 5.44. The Bertz CT molecular complexity index is 575. The van der Waals surface area contributed by atoms with Gasteiger partial charge in [0.15, 0.2) is 0 Å². The molecule has 1 aromatic carbocycles. The standard InChI is InChI=1S/C13H12BrClN2O/c1-8-12(15)16-9(2)17-13(8)18-7-10-4-3-5-11(14)6-10/h3-6H,7H2,1-2H3. The molecule has 2 aromatic rings. The molecule has 0 aliphatic heterocycles. The van der Waals surface area contributed by atoms with Crippen molar-refractivity contribution >= 4 is 27.5 Å². The van der Waals surface area contributed by atoms with Gasteiger partial charge < -0.3 is 4.74 Å². The molecule has 3 nitrogen and oxygen atoms in total. The summed E-state index contributed by atoms with van der Waals surface area (Å²) in [6, 6.07) is 7.94. The van der Waals surface area contributed by atoms with Gasteiger partial charge in [0.1, 0.15) is 17.6 Å². The van der Waals surface area contributed by atoms with E-state index in [1.807, 2.05) is 31.2 Å². The second kappa shape index (κ2) is 5.67. The van der Waals surface area contributed by atoms with Crippen molar-refractivity contribution in [1.29, 1.82) is 0 Å². The van der Waals surface area contributed by atoms with E-state index in [0.29, 0.717) is 23.5 Å². The number of aromatic nitrogens is 2. The Balaban J connectivity index is 2.15. The topological polar surface area (TPSA) is 35.0 Å². The van der Waals surface area contributed by atoms with Gasteiger partial charge in [0.25, 0.3) is 0 Å². The van der Waals surface area contributed by atoms with Gasteiger partial charge >= 0.3 is 0 Å². The summed E-state index contributed by atoms with van der Waals surface area (Å²) in [4.78, 5) is 8.31. The summed E-state index contributed by atoms with van der Waals surface area (Å²) in [6.07, 6.45) is 0. The average molecular weight is 328 g/mol. The Morgan fingerprint density at radius 1 is 1.28 bits per heavy atom. The lowest BCUT2D eigenvalue weighted by Crippen LogP contribution is -2.02. The van der Waals surface area contributed by atoms with Crippen LogP contribution in [0.3, 0.4) is 0 Å². The Morgan fingerprint density at radius 3 is 2.78 bits per heavy atom. The number of hydrogen-bond acceptors (Lipinski definition) is 3. The molecule has 94 valence electrons. The Hall–Kier alpha value is -1.13. The Morgan fingerprint density at radius 2 is 2.06 bits per heavy atom. The number of nitrogens with zero attached hydrogens (tertiary/aromatic N) is 2. The van der Waals surface area contributed by atoms with E-state index in [2.05, 4.69) is 25.9 Å². The molecule has 0 N–H and O–H groups in total. The highest BCUT2D eigenvalue weighted by atomic mass is 79.9. The zero-order chi connectivity index (χ0) is 13.1. The minimum absolute atomic E-state index is 0.437. The maximum Gasteiger partial charge on any atom is 0.221 e. The summed E-state index contributed by atoms with van der Waals surface area (Å²) >= 11 is 9.41. The maximum atomic E-state index is 5.99. The van der Waals surface area contributed by atoms with Crippen molar-refractivity contribution in [3.8, 4) is 5.88 Å². The van der Waals surface area contributed by atoms with Crippen molar-refractivity contribution in [2.24, 2.45) is 0 Å². The molecule has 0 saturated carbocycles. The third-order valence-electron chi connectivity index (χ3n) is 2.42. The predicted octanol–water partition coefficient (Wildman–Crippen LogP) is 4.09. The van der Waals surface area contributed by atoms with Crippen LogP contribution in [0.4, 0.5) is 0 Å². The van der Waals surface area contributed by atoms with Crippen LogP contribution < -0.4 is 4.74 Å². The minimum Gasteiger partial charge on any atom is -0.472 e. The summed E-state index contributed by atoms with van der Waals surface area (Å²) in [5, 5.41) is 0.437. The summed E-state index contributed by atoms with van der Waals surface area (Å²) in [5.41, 5.74) is 1.83. The molecule has 0 unspecified atom stereocenters. The monoisotopic (exact) mass is 326 g/mol. The molecule has 2 rings (SSSR count). The number of benzene rings is 1. The number of rotatable bonds is 3. The first-order chi connectivity index (χ1) is 8.56. The largest absolute Gasteiger partial charge is 0.472 e. The first kappa shape index (κ1) is 13.3. The molecule has 18 heavy (non-hydrogen) atoms. The van der Waals surface area contributed by atoms with Gasteiger partial charge in [0, 0.05) is 10.0 Å². The fourth-order valence-electron chi connectivity index (χ4n) is 1.49. The van der Waals surface area contributed by atoms with Crippen molar-refractivity contribution in [3.05, 3.63) is 50.8 Å². The van der Waals surface area contributed by atoms with Crippen LogP contribution in [0.1, 0.15) is 17.0 Å². The van der Waals surface area contributed by atoms with E-state index in [4.69, 9.17) is 16.3 Å². The third kappa shape index (κ3) is 3.21. The second-order valence-corrected chi connectivity index (χ2v) is 5.18. The normalized spacial score (nSPS) is 10.4. The molecule has 0 saturated heterocycles. The Labute approximate surface area is 119 Å². The molecule has 0 radical (unpaired) electrons. The van der Waals surface area contributed by atoms with Crippen molar-refractivity contribution in [2.75, 3.05) is 0 Å². The SMILES string of the molecule is Cc1nc(Cl)c(C)c(OCc2cccc(Br)c2)n1. The van der Waals surface area contributed by atoms with E-state index in [9.17, 15) is 0 Å². The summed E-state index contributed by atoms with van der Waals surface area (Å²) in [5.74, 6) is 1.14. The van der Waals surface area contributed by atoms with Gasteiger partial charge in [-0.25, -0.2) is 4.98 Å². The lowest BCUT2D eigenvalue weighted by atomic mass is 10.2. The molecule has 0 spiro atoms. The van der Waals surface area contributed by atoms with Crippen molar-refractivity contribution < 1.29 is 4.74 Å². The first-order valence-corrected chi connectivity index (χ1v) is 6.61. The van der Waals surface area contributed by atoms with Crippen molar-refractivity contribution in [1.82, 2.24) is 9.97 Å². The zero-order valence-electron chi connectivity index (χ0n) is 10.1. The van der Waals surface area contributed by atoms with Gasteiger partial charge in [-0.1, -0.05) is 39.7 Å². The number of ether oxygens (including phenoxy) is 1. The summed E-state index contributed by atoms with van der Waals surface area (Å²) in [7, 11) is 0. The Kier molecular flexibility index (Phi) is 4.19. The second-order valence-electron chi connectivity index (χ2n) is 3.91. The summed E-state index contributed by atoms with van der Waals surface area (Å²) < 4.78 is 6.71. The molecule has 0 amide bonds. The van der Waals surface area contributed by atoms with E-state index >= 15 is 0 Å². The van der Waals surface area contributed by atoms with Gasteiger partial charge in [-0.15, -0.1) is 0 Å². The molecule has 0 aliphatic carbocycles. The number of hydrogen-bond donors (Lipinski definition) is 0. The molecule has 0 bridgehead atoms. The molecular formula is C13H12BrClN2O. The average Bonchev–Trinajstić information content (AvgIpc) is 2.32. The molecule has 5 heteroatoms. The smallest absolute Gasteiger partial charge is 0.221 e. The van der Waals surface area contributed by atoms with Gasteiger partial charge in [-0.2, -0.15) is 4.98 Å². The van der Waals surface area contributed by atoms with Crippen molar-refractivity contribution in [2.45, 2.75) is 20.5 Å². The van der Waals surface area contributed by atoms with Gasteiger partial charge in [-0.05, 0) is 31.5 Å². The van der Waals surface area contributed by atoms with Crippen molar-refractivity contribution in [3.63, 3.8) is 0 Å². The highest BCUT2D eigenvalue weighted by Gasteiger charge is 2.08. The van der Waals surface area contributed by atoms with E-state index < -0.39 is 0 Å². The van der Waals surface area contributed by atoms with E-state index in [1.165, 1.54) is 0 Å². The molecule has 0 fully saturated rings. The zero-order valence-corrected chi connectivity index (χ0v) is 12.4. The molecule has 0 aliphatic rings. The quantitative estimate of drug-likeness (QED) is 0.797. The van der Waals surface area contributed by atoms with Crippen LogP contribution in [-0.2, 0) is 6.61 Å². The number of aryl methyl sites for hydroxylation is 1. The van der Waals surface area contributed by atoms with Crippen LogP contribution in [0, 0.1) is 13.8 Å². The van der Waals surface area contributed by atoms with Gasteiger partial charge in [-0.3, -0.25) is 0 Å². The fourth-order valence-corrected chi connectivity index (χ4v) is 2.14. The van der Waals surface area contributed by atoms with Crippen LogP contribution >= 0.6 is 27.5 Å². The van der Waals surface area contributed by atoms with Crippen LogP contribution in [0.15, 0.2) is 28.7 Å². The van der Waals surface area contributed by atoms with Gasteiger partial charge in [0.05, 0.1) is 0 Å². The van der Waals surface area contributed by atoms with Crippen LogP contribution in [0.25, 0.3) is 0 Å². The highest BCUT2D eigenvalue weighted by molar-refractivity contribution is 9.10. The number of halogens is 2. The molecule has 1 aromatic heterocycles. The van der Waals surface area contributed by atoms with E-state index in [-0.39, 0.29) is 0 Å². The van der Waals surface area contributed by atoms with Crippen LogP contribution in [-0.4, -0.2) is 9.97 Å². The fraction of sp³-hybridized carbons (Fsp3) is 0.231. The molecule has 0 atom stereocenters. The minimum atomic E-state index is 0.437. The molecular weight excluding hydrogens is 316 g/mol. The van der Waals surface area contributed by atoms with Crippen LogP contribution in [0.5, 0.6) is 5.88 Å². The van der Waals surface area contributed by atoms with Crippen LogP contribution in [0.2, 0.25) is 5.15 Å². The van der Waals surface area contributed by atoms with E-state index in [1.54, 1.807) is 6.92 Å².